The highest BCUT2D eigenvalue weighted by molar-refractivity contribution is 7.18. The van der Waals surface area contributed by atoms with E-state index in [0.717, 1.165) is 6.07 Å². The number of carboxylic acid groups (broad SMARTS) is 1. The van der Waals surface area contributed by atoms with E-state index in [9.17, 15) is 33.1 Å². The summed E-state index contributed by atoms with van der Waals surface area (Å²) in [6.45, 7) is 1.68. The first-order valence-corrected chi connectivity index (χ1v) is 14.0. The predicted octanol–water partition coefficient (Wildman–Crippen LogP) is 5.80. The van der Waals surface area contributed by atoms with Gasteiger partial charge in [-0.25, -0.2) is 9.78 Å². The number of nitriles is 1. The van der Waals surface area contributed by atoms with Crippen molar-refractivity contribution in [1.29, 1.82) is 5.26 Å². The van der Waals surface area contributed by atoms with E-state index in [1.165, 1.54) is 28.2 Å². The summed E-state index contributed by atoms with van der Waals surface area (Å²) in [7, 11) is 0. The topological polar surface area (TPSA) is 144 Å². The Bertz CT molecular complexity index is 2020. The first kappa shape index (κ1) is 30.0. The molecule has 5 rings (SSSR count). The fourth-order valence-electron chi connectivity index (χ4n) is 4.75. The number of hydrogen-bond acceptors (Lipinski definition) is 8. The molecule has 3 N–H and O–H groups in total. The Hall–Kier alpha value is -4.51. The number of carboxylic acids is 1. The maximum atomic E-state index is 13.3. The molecule has 3 heterocycles. The van der Waals surface area contributed by atoms with Gasteiger partial charge in [0, 0.05) is 33.6 Å². The van der Waals surface area contributed by atoms with Gasteiger partial charge in [-0.15, -0.1) is 11.3 Å². The molecule has 0 aliphatic carbocycles. The fraction of sp³-hybridized carbons (Fsp3) is 0.207. The van der Waals surface area contributed by atoms with Gasteiger partial charge in [0.2, 0.25) is 0 Å². The summed E-state index contributed by atoms with van der Waals surface area (Å²) in [6, 6.07) is 9.78. The number of nitrogens with zero attached hydrogens (tertiary/aromatic N) is 4. The number of ether oxygens (including phenoxy) is 1. The van der Waals surface area contributed by atoms with Crippen LogP contribution in [0.5, 0.6) is 5.75 Å². The largest absolute Gasteiger partial charge is 0.491 e. The van der Waals surface area contributed by atoms with Crippen molar-refractivity contribution in [2.24, 2.45) is 5.73 Å². The van der Waals surface area contributed by atoms with Crippen LogP contribution in [0.1, 0.15) is 33.0 Å². The molecule has 0 fully saturated rings. The number of aryl methyl sites for hydroxylation is 1. The van der Waals surface area contributed by atoms with Gasteiger partial charge in [-0.3, -0.25) is 14.3 Å². The maximum Gasteiger partial charge on any atom is 0.416 e. The highest BCUT2D eigenvalue weighted by Crippen LogP contribution is 2.40. The van der Waals surface area contributed by atoms with Gasteiger partial charge in [0.25, 0.3) is 5.56 Å². The molecular weight excluding hydrogens is 607 g/mol. The van der Waals surface area contributed by atoms with Gasteiger partial charge < -0.3 is 15.6 Å². The van der Waals surface area contributed by atoms with Crippen molar-refractivity contribution in [2.75, 3.05) is 13.2 Å². The lowest BCUT2D eigenvalue weighted by Crippen LogP contribution is -2.27. The molecule has 0 saturated carbocycles. The van der Waals surface area contributed by atoms with Crippen LogP contribution in [0.4, 0.5) is 13.2 Å². The SMILES string of the molecule is Cc1nc2cc(C(F)(F)F)cc(C#N)c2c(=O)n1CCOc1ccc(Cl)cc1-c1cc(CCN)nc2c(C(=O)O)csc12. The van der Waals surface area contributed by atoms with Crippen LogP contribution in [0.25, 0.3) is 32.2 Å². The summed E-state index contributed by atoms with van der Waals surface area (Å²) in [5.41, 5.74) is 5.51. The Morgan fingerprint density at radius 1 is 1.21 bits per heavy atom. The maximum absolute atomic E-state index is 13.3. The van der Waals surface area contributed by atoms with E-state index in [4.69, 9.17) is 22.1 Å². The number of nitrogens with two attached hydrogens (primary N) is 1. The number of alkyl halides is 3. The lowest BCUT2D eigenvalue weighted by Gasteiger charge is -2.16. The third-order valence-corrected chi connectivity index (χ3v) is 7.95. The van der Waals surface area contributed by atoms with Crippen LogP contribution in [0.3, 0.4) is 0 Å². The number of pyridine rings is 1. The van der Waals surface area contributed by atoms with Gasteiger partial charge in [0.1, 0.15) is 24.3 Å². The number of halogens is 4. The molecule has 14 heteroatoms. The summed E-state index contributed by atoms with van der Waals surface area (Å²) in [6.07, 6.45) is -4.31. The van der Waals surface area contributed by atoms with Crippen molar-refractivity contribution in [1.82, 2.24) is 14.5 Å². The lowest BCUT2D eigenvalue weighted by atomic mass is 10.0. The summed E-state index contributed by atoms with van der Waals surface area (Å²) in [4.78, 5) is 33.8. The van der Waals surface area contributed by atoms with E-state index < -0.39 is 28.8 Å². The second-order valence-corrected chi connectivity index (χ2v) is 10.8. The summed E-state index contributed by atoms with van der Waals surface area (Å²) in [5, 5.41) is 20.8. The highest BCUT2D eigenvalue weighted by atomic mass is 35.5. The molecule has 9 nitrogen and oxygen atoms in total. The zero-order chi connectivity index (χ0) is 31.1. The molecule has 0 atom stereocenters. The molecule has 0 aliphatic heterocycles. The molecule has 220 valence electrons. The summed E-state index contributed by atoms with van der Waals surface area (Å²) in [5.74, 6) is -0.591. The van der Waals surface area contributed by atoms with Crippen LogP contribution in [-0.4, -0.2) is 38.8 Å². The Morgan fingerprint density at radius 3 is 2.65 bits per heavy atom. The fourth-order valence-corrected chi connectivity index (χ4v) is 5.93. The zero-order valence-corrected chi connectivity index (χ0v) is 23.9. The first-order valence-electron chi connectivity index (χ1n) is 12.7. The molecule has 0 unspecified atom stereocenters. The van der Waals surface area contributed by atoms with Gasteiger partial charge in [-0.1, -0.05) is 11.6 Å². The molecular formula is C29H21ClF3N5O4S. The average molecular weight is 628 g/mol. The number of rotatable bonds is 8. The van der Waals surface area contributed by atoms with Crippen molar-refractivity contribution >= 4 is 50.0 Å². The van der Waals surface area contributed by atoms with Crippen molar-refractivity contribution in [3.63, 3.8) is 0 Å². The van der Waals surface area contributed by atoms with E-state index >= 15 is 0 Å². The minimum atomic E-state index is -4.71. The number of aromatic carboxylic acids is 1. The molecule has 0 spiro atoms. The Morgan fingerprint density at radius 2 is 1.98 bits per heavy atom. The quantitative estimate of drug-likeness (QED) is 0.220. The first-order chi connectivity index (χ1) is 20.4. The van der Waals surface area contributed by atoms with E-state index in [1.807, 2.05) is 0 Å². The second-order valence-electron chi connectivity index (χ2n) is 9.46. The standard InChI is InChI=1S/C29H21ClF3N5O4S/c1-14-36-22-9-16(29(31,32)33)8-15(12-35)24(22)27(39)38(14)6-7-42-23-3-2-17(30)10-19(23)20-11-18(4-5-34)37-25-21(28(40)41)13-43-26(20)25/h2-3,8-11,13H,4-7,34H2,1H3,(H,40,41). The Kier molecular flexibility index (Phi) is 8.11. The van der Waals surface area contributed by atoms with Crippen molar-refractivity contribution < 1.29 is 27.8 Å². The van der Waals surface area contributed by atoms with Crippen LogP contribution in [0.15, 0.2) is 46.6 Å². The average Bonchev–Trinajstić information content (AvgIpc) is 3.38. The van der Waals surface area contributed by atoms with E-state index in [0.29, 0.717) is 56.8 Å². The minimum absolute atomic E-state index is 0.0338. The summed E-state index contributed by atoms with van der Waals surface area (Å²) < 4.78 is 47.9. The van der Waals surface area contributed by atoms with E-state index in [-0.39, 0.29) is 35.4 Å². The molecule has 5 aromatic rings. The van der Waals surface area contributed by atoms with E-state index in [2.05, 4.69) is 9.97 Å². The number of thiophene rings is 1. The van der Waals surface area contributed by atoms with Crippen LogP contribution in [0, 0.1) is 18.3 Å². The van der Waals surface area contributed by atoms with Crippen molar-refractivity contribution in [2.45, 2.75) is 26.1 Å². The van der Waals surface area contributed by atoms with Gasteiger partial charge >= 0.3 is 12.1 Å². The van der Waals surface area contributed by atoms with E-state index in [1.54, 1.807) is 30.3 Å². The predicted molar refractivity (Wildman–Crippen MR) is 156 cm³/mol. The van der Waals surface area contributed by atoms with Gasteiger partial charge in [-0.05, 0) is 49.9 Å². The highest BCUT2D eigenvalue weighted by Gasteiger charge is 2.32. The molecule has 3 aromatic heterocycles. The zero-order valence-electron chi connectivity index (χ0n) is 22.3. The minimum Gasteiger partial charge on any atom is -0.491 e. The molecule has 0 aliphatic rings. The molecule has 0 radical (unpaired) electrons. The summed E-state index contributed by atoms with van der Waals surface area (Å²) >= 11 is 7.55. The Balaban J connectivity index is 1.52. The molecule has 43 heavy (non-hydrogen) atoms. The number of hydrogen-bond donors (Lipinski definition) is 2. The van der Waals surface area contributed by atoms with Crippen LogP contribution in [0.2, 0.25) is 5.02 Å². The van der Waals surface area contributed by atoms with Gasteiger partial charge in [-0.2, -0.15) is 18.4 Å². The molecule has 0 saturated heterocycles. The van der Waals surface area contributed by atoms with Crippen LogP contribution in [-0.2, 0) is 19.1 Å². The number of fused-ring (bicyclic) bond motifs is 2. The van der Waals surface area contributed by atoms with Crippen molar-refractivity contribution in [3.05, 3.63) is 85.4 Å². The molecule has 2 aromatic carbocycles. The molecule has 0 bridgehead atoms. The van der Waals surface area contributed by atoms with Crippen LogP contribution >= 0.6 is 22.9 Å². The number of benzene rings is 2. The third kappa shape index (κ3) is 5.77. The van der Waals surface area contributed by atoms with Gasteiger partial charge in [0.15, 0.2) is 0 Å². The normalized spacial score (nSPS) is 11.7. The lowest BCUT2D eigenvalue weighted by molar-refractivity contribution is -0.137. The Labute approximate surface area is 250 Å². The third-order valence-electron chi connectivity index (χ3n) is 6.71. The monoisotopic (exact) mass is 627 g/mol. The van der Waals surface area contributed by atoms with Gasteiger partial charge in [0.05, 0.1) is 44.4 Å². The molecule has 0 amide bonds. The smallest absolute Gasteiger partial charge is 0.416 e. The number of aromatic nitrogens is 3. The van der Waals surface area contributed by atoms with Crippen LogP contribution < -0.4 is 16.0 Å². The van der Waals surface area contributed by atoms with Crippen molar-refractivity contribution in [3.8, 4) is 22.9 Å². The second kappa shape index (κ2) is 11.6. The number of carbonyl (C=O) groups is 1.